The molecule has 1 heterocycles. The van der Waals surface area contributed by atoms with E-state index >= 15 is 0 Å². The molecule has 0 saturated carbocycles. The van der Waals surface area contributed by atoms with Gasteiger partial charge in [-0.1, -0.05) is 51.5 Å². The molecule has 0 bridgehead atoms. The number of hydrogen-bond acceptors (Lipinski definition) is 3. The third-order valence-corrected chi connectivity index (χ3v) is 7.45. The highest BCUT2D eigenvalue weighted by Gasteiger charge is 2.20. The Hall–Kier alpha value is -1.90. The average molecular weight is 606 g/mol. The van der Waals surface area contributed by atoms with Crippen LogP contribution in [0.2, 0.25) is 0 Å². The summed E-state index contributed by atoms with van der Waals surface area (Å²) in [4.78, 5) is 2.12. The molecule has 0 amide bonds. The third-order valence-electron chi connectivity index (χ3n) is 5.18. The molecule has 0 unspecified atom stereocenters. The van der Waals surface area contributed by atoms with Gasteiger partial charge in [0.2, 0.25) is 5.52 Å². The Labute approximate surface area is 209 Å². The molecule has 158 valence electrons. The second-order valence-electron chi connectivity index (χ2n) is 7.33. The number of aromatic nitrogens is 1. The number of ether oxygens (including phenoxy) is 1. The Morgan fingerprint density at radius 2 is 1.68 bits per heavy atom. The van der Waals surface area contributed by atoms with Crippen molar-refractivity contribution in [1.29, 1.82) is 0 Å². The van der Waals surface area contributed by atoms with Crippen molar-refractivity contribution in [3.63, 3.8) is 0 Å². The Morgan fingerprint density at radius 3 is 2.26 bits per heavy atom. The molecular weight excluding hydrogens is 583 g/mol. The molecule has 0 fully saturated rings. The van der Waals surface area contributed by atoms with Crippen molar-refractivity contribution in [2.75, 3.05) is 26.1 Å². The summed E-state index contributed by atoms with van der Waals surface area (Å²) >= 11 is 7.86. The summed E-state index contributed by atoms with van der Waals surface area (Å²) in [5, 5.41) is 1.23. The summed E-state index contributed by atoms with van der Waals surface area (Å²) < 4.78 is 11.0. The van der Waals surface area contributed by atoms with Gasteiger partial charge in [-0.2, -0.15) is 4.57 Å². The standard InChI is InChI=1S/C25H23BrIN2OS/c1-28(2)20-9-4-17(5-10-20)22(18-6-11-21(30-3)12-7-18)15-25-29(16-27)23-13-8-19(26)14-24(23)31-25/h4-15H,16H2,1-3H3/q+1. The molecule has 4 aromatic rings. The first-order valence-corrected chi connectivity index (χ1v) is 13.0. The Morgan fingerprint density at radius 1 is 1.03 bits per heavy atom. The van der Waals surface area contributed by atoms with Gasteiger partial charge in [-0.25, -0.2) is 0 Å². The summed E-state index contributed by atoms with van der Waals surface area (Å²) in [5.74, 6) is 0.861. The van der Waals surface area contributed by atoms with Crippen molar-refractivity contribution in [2.45, 2.75) is 4.55 Å². The molecule has 6 heteroatoms. The topological polar surface area (TPSA) is 16.4 Å². The molecule has 31 heavy (non-hydrogen) atoms. The molecule has 4 rings (SSSR count). The van der Waals surface area contributed by atoms with Gasteiger partial charge in [-0.3, -0.25) is 0 Å². The second kappa shape index (κ2) is 9.71. The van der Waals surface area contributed by atoms with Gasteiger partial charge in [0.15, 0.2) is 4.55 Å². The maximum absolute atomic E-state index is 5.37. The van der Waals surface area contributed by atoms with Gasteiger partial charge in [-0.05, 0) is 75.7 Å². The number of hydrogen-bond donors (Lipinski definition) is 0. The van der Waals surface area contributed by atoms with Gasteiger partial charge < -0.3 is 9.64 Å². The number of rotatable bonds is 6. The van der Waals surface area contributed by atoms with E-state index in [-0.39, 0.29) is 0 Å². The highest BCUT2D eigenvalue weighted by Crippen LogP contribution is 2.32. The van der Waals surface area contributed by atoms with Crippen LogP contribution < -0.4 is 14.2 Å². The first-order valence-electron chi connectivity index (χ1n) is 9.82. The van der Waals surface area contributed by atoms with Gasteiger partial charge in [0, 0.05) is 36.4 Å². The zero-order chi connectivity index (χ0) is 22.0. The largest absolute Gasteiger partial charge is 0.497 e. The fourth-order valence-corrected chi connectivity index (χ4v) is 6.10. The number of thiazole rings is 1. The van der Waals surface area contributed by atoms with Crippen LogP contribution in [0.15, 0.2) is 71.2 Å². The summed E-state index contributed by atoms with van der Waals surface area (Å²) in [6, 6.07) is 23.5. The smallest absolute Gasteiger partial charge is 0.264 e. The summed E-state index contributed by atoms with van der Waals surface area (Å²) in [6.45, 7) is 0. The van der Waals surface area contributed by atoms with Crippen LogP contribution in [-0.4, -0.2) is 21.2 Å². The minimum atomic E-state index is 0.861. The monoisotopic (exact) mass is 605 g/mol. The van der Waals surface area contributed by atoms with E-state index in [0.29, 0.717) is 0 Å². The zero-order valence-corrected chi connectivity index (χ0v) is 22.2. The molecule has 0 aliphatic rings. The van der Waals surface area contributed by atoms with E-state index in [4.69, 9.17) is 4.74 Å². The van der Waals surface area contributed by atoms with Crippen molar-refractivity contribution in [3.05, 3.63) is 87.3 Å². The number of fused-ring (bicyclic) bond motifs is 1. The van der Waals surface area contributed by atoms with E-state index < -0.39 is 0 Å². The molecule has 0 atom stereocenters. The van der Waals surface area contributed by atoms with E-state index in [2.05, 4.69) is 123 Å². The summed E-state index contributed by atoms with van der Waals surface area (Å²) in [6.07, 6.45) is 2.31. The SMILES string of the molecule is COc1ccc(/C(=C/c2sc3cc(Br)ccc3[n+]2CI)c2ccc(N(C)C)cc2)cc1. The van der Waals surface area contributed by atoms with Gasteiger partial charge in [0.1, 0.15) is 10.4 Å². The van der Waals surface area contributed by atoms with E-state index in [1.54, 1.807) is 7.11 Å². The maximum atomic E-state index is 5.37. The van der Waals surface area contributed by atoms with Crippen molar-refractivity contribution in [1.82, 2.24) is 0 Å². The summed E-state index contributed by atoms with van der Waals surface area (Å²) in [7, 11) is 5.83. The van der Waals surface area contributed by atoms with Crippen molar-refractivity contribution in [2.24, 2.45) is 0 Å². The van der Waals surface area contributed by atoms with Crippen LogP contribution in [0.25, 0.3) is 21.9 Å². The van der Waals surface area contributed by atoms with E-state index in [1.807, 2.05) is 23.5 Å². The second-order valence-corrected chi connectivity index (χ2v) is 9.99. The van der Waals surface area contributed by atoms with Crippen molar-refractivity contribution < 1.29 is 9.30 Å². The van der Waals surface area contributed by atoms with Crippen molar-refractivity contribution >= 4 is 77.4 Å². The van der Waals surface area contributed by atoms with Gasteiger partial charge in [0.05, 0.1) is 7.11 Å². The molecule has 0 saturated heterocycles. The molecule has 3 aromatic carbocycles. The minimum absolute atomic E-state index is 0.861. The Kier molecular flexibility index (Phi) is 6.99. The number of nitrogens with zero attached hydrogens (tertiary/aromatic N) is 2. The van der Waals surface area contributed by atoms with Crippen LogP contribution in [-0.2, 0) is 4.55 Å². The number of anilines is 1. The Balaban J connectivity index is 1.89. The summed E-state index contributed by atoms with van der Waals surface area (Å²) in [5.41, 5.74) is 5.99. The molecule has 1 aromatic heterocycles. The van der Waals surface area contributed by atoms with Crippen LogP contribution in [0.5, 0.6) is 5.75 Å². The van der Waals surface area contributed by atoms with Gasteiger partial charge >= 0.3 is 0 Å². The lowest BCUT2D eigenvalue weighted by Gasteiger charge is -2.14. The predicted octanol–water partition coefficient (Wildman–Crippen LogP) is 7.01. The van der Waals surface area contributed by atoms with Gasteiger partial charge in [-0.15, -0.1) is 0 Å². The van der Waals surface area contributed by atoms with Crippen molar-refractivity contribution in [3.8, 4) is 5.75 Å². The van der Waals surface area contributed by atoms with Crippen LogP contribution in [0.1, 0.15) is 16.1 Å². The quantitative estimate of drug-likeness (QED) is 0.134. The molecular formula is C25H23BrIN2OS+. The lowest BCUT2D eigenvalue weighted by molar-refractivity contribution is -0.641. The van der Waals surface area contributed by atoms with Crippen LogP contribution in [0, 0.1) is 0 Å². The number of benzene rings is 3. The average Bonchev–Trinajstić information content (AvgIpc) is 3.13. The molecule has 0 radical (unpaired) electrons. The number of halogens is 2. The molecule has 0 spiro atoms. The minimum Gasteiger partial charge on any atom is -0.497 e. The first kappa shape index (κ1) is 22.3. The number of alkyl halides is 1. The Bertz CT molecular complexity index is 1230. The highest BCUT2D eigenvalue weighted by atomic mass is 127. The van der Waals surface area contributed by atoms with Crippen LogP contribution in [0.4, 0.5) is 5.69 Å². The lowest BCUT2D eigenvalue weighted by atomic mass is 9.97. The van der Waals surface area contributed by atoms with Gasteiger partial charge in [0.25, 0.3) is 5.01 Å². The molecule has 0 aliphatic heterocycles. The number of methoxy groups -OCH3 is 1. The lowest BCUT2D eigenvalue weighted by Crippen LogP contribution is -2.32. The fourth-order valence-electron chi connectivity index (χ4n) is 3.48. The maximum Gasteiger partial charge on any atom is 0.264 e. The van der Waals surface area contributed by atoms with Crippen LogP contribution in [0.3, 0.4) is 0 Å². The third kappa shape index (κ3) is 4.81. The van der Waals surface area contributed by atoms with Crippen LogP contribution >= 0.6 is 49.9 Å². The van der Waals surface area contributed by atoms with E-state index in [0.717, 1.165) is 20.3 Å². The highest BCUT2D eigenvalue weighted by molar-refractivity contribution is 14.1. The molecule has 0 aliphatic carbocycles. The fraction of sp³-hybridized carbons (Fsp3) is 0.160. The van der Waals surface area contributed by atoms with E-state index in [9.17, 15) is 0 Å². The molecule has 0 N–H and O–H groups in total. The first-order chi connectivity index (χ1) is 15.0. The zero-order valence-electron chi connectivity index (χ0n) is 17.6. The van der Waals surface area contributed by atoms with E-state index in [1.165, 1.54) is 32.0 Å². The predicted molar refractivity (Wildman–Crippen MR) is 144 cm³/mol. The normalized spacial score (nSPS) is 11.7. The molecule has 3 nitrogen and oxygen atoms in total.